The van der Waals surface area contributed by atoms with Crippen LogP contribution in [-0.4, -0.2) is 60.5 Å². The molecule has 1 unspecified atom stereocenters. The van der Waals surface area contributed by atoms with Gasteiger partial charge in [-0.25, -0.2) is 4.98 Å². The second-order valence-electron chi connectivity index (χ2n) is 5.61. The Morgan fingerprint density at radius 2 is 2.29 bits per heavy atom. The van der Waals surface area contributed by atoms with E-state index in [2.05, 4.69) is 15.2 Å². The first-order chi connectivity index (χ1) is 10.0. The zero-order valence-electron chi connectivity index (χ0n) is 12.9. The number of hydrogen-bond donors (Lipinski definition) is 1. The minimum atomic E-state index is -0.0656. The Labute approximate surface area is 131 Å². The smallest absolute Gasteiger partial charge is 0.274 e. The molecule has 1 aliphatic rings. The molecule has 0 radical (unpaired) electrons. The fourth-order valence-corrected chi connectivity index (χ4v) is 2.91. The number of carbonyl (C=O) groups is 1. The standard InChI is InChI=1S/C15H23ClN4O/c1-4-17-13-8-7-12(16)14(18-13)15(21)20-9-5-6-11(20)10-19(2)3/h7-8,11H,4-6,9-10H2,1-3H3,(H,17,18). The summed E-state index contributed by atoms with van der Waals surface area (Å²) in [5.74, 6) is 0.623. The SMILES string of the molecule is CCNc1ccc(Cl)c(C(=O)N2CCCC2CN(C)C)n1. The van der Waals surface area contributed by atoms with E-state index >= 15 is 0 Å². The summed E-state index contributed by atoms with van der Waals surface area (Å²) in [4.78, 5) is 21.1. The summed E-state index contributed by atoms with van der Waals surface area (Å²) in [6.45, 7) is 4.40. The molecule has 1 amide bonds. The van der Waals surface area contributed by atoms with E-state index in [0.717, 1.165) is 32.5 Å². The summed E-state index contributed by atoms with van der Waals surface area (Å²) in [7, 11) is 4.05. The average Bonchev–Trinajstić information content (AvgIpc) is 2.87. The number of nitrogens with one attached hydrogen (secondary N) is 1. The molecular weight excluding hydrogens is 288 g/mol. The van der Waals surface area contributed by atoms with E-state index in [1.807, 2.05) is 25.9 Å². The van der Waals surface area contributed by atoms with Gasteiger partial charge in [0.1, 0.15) is 11.5 Å². The number of aromatic nitrogens is 1. The number of halogens is 1. The molecule has 1 aromatic heterocycles. The first-order valence-electron chi connectivity index (χ1n) is 7.39. The fraction of sp³-hybridized carbons (Fsp3) is 0.600. The molecule has 5 nitrogen and oxygen atoms in total. The van der Waals surface area contributed by atoms with Crippen molar-refractivity contribution in [2.45, 2.75) is 25.8 Å². The lowest BCUT2D eigenvalue weighted by atomic mass is 10.2. The Kier molecular flexibility index (Phi) is 5.42. The maximum Gasteiger partial charge on any atom is 0.274 e. The van der Waals surface area contributed by atoms with Gasteiger partial charge in [0.15, 0.2) is 0 Å². The van der Waals surface area contributed by atoms with Crippen molar-refractivity contribution in [3.05, 3.63) is 22.8 Å². The lowest BCUT2D eigenvalue weighted by Gasteiger charge is -2.27. The van der Waals surface area contributed by atoms with Crippen LogP contribution in [0.4, 0.5) is 5.82 Å². The highest BCUT2D eigenvalue weighted by Crippen LogP contribution is 2.24. The molecule has 0 aliphatic carbocycles. The number of amides is 1. The van der Waals surface area contributed by atoms with Gasteiger partial charge in [-0.15, -0.1) is 0 Å². The molecule has 2 heterocycles. The van der Waals surface area contributed by atoms with Crippen LogP contribution in [0.15, 0.2) is 12.1 Å². The quantitative estimate of drug-likeness (QED) is 0.907. The summed E-state index contributed by atoms with van der Waals surface area (Å²) < 4.78 is 0. The van der Waals surface area contributed by atoms with Crippen molar-refractivity contribution in [3.63, 3.8) is 0 Å². The number of hydrogen-bond acceptors (Lipinski definition) is 4. The molecule has 0 aromatic carbocycles. The lowest BCUT2D eigenvalue weighted by Crippen LogP contribution is -2.41. The zero-order valence-corrected chi connectivity index (χ0v) is 13.7. The Bertz CT molecular complexity index is 506. The van der Waals surface area contributed by atoms with Gasteiger partial charge in [0.25, 0.3) is 5.91 Å². The minimum absolute atomic E-state index is 0.0656. The Morgan fingerprint density at radius 1 is 1.52 bits per heavy atom. The summed E-state index contributed by atoms with van der Waals surface area (Å²) in [5, 5.41) is 3.53. The molecule has 116 valence electrons. The second-order valence-corrected chi connectivity index (χ2v) is 6.02. The lowest BCUT2D eigenvalue weighted by molar-refractivity contribution is 0.0711. The van der Waals surface area contributed by atoms with Gasteiger partial charge < -0.3 is 15.1 Å². The first kappa shape index (κ1) is 16.0. The van der Waals surface area contributed by atoms with E-state index in [1.54, 1.807) is 12.1 Å². The molecule has 1 atom stereocenters. The maximum absolute atomic E-state index is 12.7. The summed E-state index contributed by atoms with van der Waals surface area (Å²) in [5.41, 5.74) is 0.348. The molecule has 1 fully saturated rings. The van der Waals surface area contributed by atoms with Gasteiger partial charge in [0.05, 0.1) is 5.02 Å². The van der Waals surface area contributed by atoms with Crippen LogP contribution >= 0.6 is 11.6 Å². The largest absolute Gasteiger partial charge is 0.370 e. The average molecular weight is 311 g/mol. The molecule has 0 saturated carbocycles. The molecule has 0 bridgehead atoms. The normalized spacial score (nSPS) is 18.3. The monoisotopic (exact) mass is 310 g/mol. The number of pyridine rings is 1. The third-order valence-corrected chi connectivity index (χ3v) is 3.93. The van der Waals surface area contributed by atoms with Crippen LogP contribution in [0.25, 0.3) is 0 Å². The van der Waals surface area contributed by atoms with Gasteiger partial charge in [0.2, 0.25) is 0 Å². The molecule has 2 rings (SSSR count). The number of anilines is 1. The van der Waals surface area contributed by atoms with Crippen molar-refractivity contribution in [1.82, 2.24) is 14.8 Å². The van der Waals surface area contributed by atoms with Crippen molar-refractivity contribution in [1.29, 1.82) is 0 Å². The van der Waals surface area contributed by atoms with Gasteiger partial charge in [0, 0.05) is 25.7 Å². The van der Waals surface area contributed by atoms with Crippen LogP contribution in [0.2, 0.25) is 5.02 Å². The Hall–Kier alpha value is -1.33. The first-order valence-corrected chi connectivity index (χ1v) is 7.76. The third kappa shape index (κ3) is 3.86. The van der Waals surface area contributed by atoms with Crippen LogP contribution in [0.5, 0.6) is 0 Å². The highest BCUT2D eigenvalue weighted by atomic mass is 35.5. The van der Waals surface area contributed by atoms with E-state index in [9.17, 15) is 4.79 Å². The highest BCUT2D eigenvalue weighted by Gasteiger charge is 2.31. The van der Waals surface area contributed by atoms with Crippen LogP contribution in [0, 0.1) is 0 Å². The van der Waals surface area contributed by atoms with E-state index in [-0.39, 0.29) is 11.9 Å². The number of likely N-dealkylation sites (tertiary alicyclic amines) is 1. The highest BCUT2D eigenvalue weighted by molar-refractivity contribution is 6.33. The van der Waals surface area contributed by atoms with Gasteiger partial charge in [-0.2, -0.15) is 0 Å². The van der Waals surface area contributed by atoms with Crippen LogP contribution in [0.1, 0.15) is 30.3 Å². The predicted molar refractivity (Wildman–Crippen MR) is 86.0 cm³/mol. The van der Waals surface area contributed by atoms with Gasteiger partial charge in [-0.3, -0.25) is 4.79 Å². The Morgan fingerprint density at radius 3 is 2.95 bits per heavy atom. The van der Waals surface area contributed by atoms with E-state index in [1.165, 1.54) is 0 Å². The van der Waals surface area contributed by atoms with Crippen molar-refractivity contribution < 1.29 is 4.79 Å². The maximum atomic E-state index is 12.7. The third-order valence-electron chi connectivity index (χ3n) is 3.62. The summed E-state index contributed by atoms with van der Waals surface area (Å²) >= 11 is 6.17. The predicted octanol–water partition coefficient (Wildman–Crippen LogP) is 2.33. The molecule has 1 saturated heterocycles. The molecule has 21 heavy (non-hydrogen) atoms. The van der Waals surface area contributed by atoms with Crippen LogP contribution < -0.4 is 5.32 Å². The zero-order chi connectivity index (χ0) is 15.4. The number of nitrogens with zero attached hydrogens (tertiary/aromatic N) is 3. The topological polar surface area (TPSA) is 48.5 Å². The second kappa shape index (κ2) is 7.09. The van der Waals surface area contributed by atoms with E-state index in [0.29, 0.717) is 16.5 Å². The summed E-state index contributed by atoms with van der Waals surface area (Å²) in [6.07, 6.45) is 2.07. The number of likely N-dealkylation sites (N-methyl/N-ethyl adjacent to an activating group) is 1. The minimum Gasteiger partial charge on any atom is -0.370 e. The number of carbonyl (C=O) groups excluding carboxylic acids is 1. The molecule has 1 aliphatic heterocycles. The van der Waals surface area contributed by atoms with E-state index < -0.39 is 0 Å². The molecule has 1 N–H and O–H groups in total. The van der Waals surface area contributed by atoms with Crippen molar-refractivity contribution in [2.24, 2.45) is 0 Å². The molecule has 1 aromatic rings. The molecular formula is C15H23ClN4O. The van der Waals surface area contributed by atoms with Gasteiger partial charge >= 0.3 is 0 Å². The summed E-state index contributed by atoms with van der Waals surface area (Å²) in [6, 6.07) is 3.77. The molecule has 0 spiro atoms. The van der Waals surface area contributed by atoms with Gasteiger partial charge in [-0.05, 0) is 46.0 Å². The molecule has 6 heteroatoms. The number of rotatable bonds is 5. The van der Waals surface area contributed by atoms with Crippen molar-refractivity contribution >= 4 is 23.3 Å². The van der Waals surface area contributed by atoms with Crippen LogP contribution in [-0.2, 0) is 0 Å². The van der Waals surface area contributed by atoms with Gasteiger partial charge in [-0.1, -0.05) is 11.6 Å². The fourth-order valence-electron chi connectivity index (χ4n) is 2.72. The Balaban J connectivity index is 2.20. The van der Waals surface area contributed by atoms with Crippen LogP contribution in [0.3, 0.4) is 0 Å². The van der Waals surface area contributed by atoms with Crippen molar-refractivity contribution in [2.75, 3.05) is 39.0 Å². The van der Waals surface area contributed by atoms with Crippen molar-refractivity contribution in [3.8, 4) is 0 Å². The van der Waals surface area contributed by atoms with E-state index in [4.69, 9.17) is 11.6 Å².